The molecule has 2 aromatic rings. The molecule has 0 aliphatic carbocycles. The molecule has 1 fully saturated rings. The number of halogens is 6. The van der Waals surface area contributed by atoms with Gasteiger partial charge in [-0.1, -0.05) is 6.07 Å². The summed E-state index contributed by atoms with van der Waals surface area (Å²) in [5, 5.41) is 5.60. The van der Waals surface area contributed by atoms with E-state index in [1.54, 1.807) is 18.2 Å². The maximum absolute atomic E-state index is 13.2. The molecule has 4 rings (SSSR count). The van der Waals surface area contributed by atoms with Crippen LogP contribution in [0, 0.1) is 11.8 Å². The van der Waals surface area contributed by atoms with Crippen LogP contribution in [0.3, 0.4) is 0 Å². The molecule has 2 atom stereocenters. The van der Waals surface area contributed by atoms with Gasteiger partial charge in [0.15, 0.2) is 11.5 Å². The van der Waals surface area contributed by atoms with Crippen LogP contribution in [0.4, 0.5) is 32.0 Å². The van der Waals surface area contributed by atoms with Gasteiger partial charge in [-0.2, -0.15) is 26.3 Å². The molecule has 0 bridgehead atoms. The highest BCUT2D eigenvalue weighted by Gasteiger charge is 2.41. The third-order valence-electron chi connectivity index (χ3n) is 6.06. The zero-order valence-corrected chi connectivity index (χ0v) is 18.8. The van der Waals surface area contributed by atoms with Crippen molar-refractivity contribution in [3.8, 4) is 11.5 Å². The SMILES string of the molecule is CN(C(=O)[C@H]1CNCC1C(=O)NCc1ccc2c(c1)OCO2)c1cc(C(F)(F)F)cc(C(F)(F)F)c1. The predicted molar refractivity (Wildman–Crippen MR) is 114 cm³/mol. The number of hydrogen-bond donors (Lipinski definition) is 2. The molecule has 2 aliphatic heterocycles. The highest BCUT2D eigenvalue weighted by molar-refractivity contribution is 5.98. The van der Waals surface area contributed by atoms with Crippen molar-refractivity contribution in [3.05, 3.63) is 53.1 Å². The van der Waals surface area contributed by atoms with Gasteiger partial charge in [0.25, 0.3) is 0 Å². The van der Waals surface area contributed by atoms with Crippen molar-refractivity contribution in [1.82, 2.24) is 10.6 Å². The van der Waals surface area contributed by atoms with Crippen molar-refractivity contribution in [2.45, 2.75) is 18.9 Å². The smallest absolute Gasteiger partial charge is 0.416 e. The van der Waals surface area contributed by atoms with E-state index in [0.29, 0.717) is 29.2 Å². The molecule has 36 heavy (non-hydrogen) atoms. The maximum atomic E-state index is 13.2. The fourth-order valence-electron chi connectivity index (χ4n) is 4.09. The lowest BCUT2D eigenvalue weighted by atomic mass is 9.93. The molecule has 2 heterocycles. The third-order valence-corrected chi connectivity index (χ3v) is 6.06. The van der Waals surface area contributed by atoms with Gasteiger partial charge in [-0.25, -0.2) is 0 Å². The van der Waals surface area contributed by atoms with Gasteiger partial charge >= 0.3 is 12.4 Å². The summed E-state index contributed by atoms with van der Waals surface area (Å²) in [5.74, 6) is -2.03. The second-order valence-electron chi connectivity index (χ2n) is 8.44. The van der Waals surface area contributed by atoms with Gasteiger partial charge in [0.2, 0.25) is 18.6 Å². The Morgan fingerprint density at radius 3 is 2.19 bits per heavy atom. The Bertz CT molecular complexity index is 1140. The number of carbonyl (C=O) groups is 2. The molecule has 1 saturated heterocycles. The van der Waals surface area contributed by atoms with Gasteiger partial charge in [0, 0.05) is 32.4 Å². The highest BCUT2D eigenvalue weighted by atomic mass is 19.4. The molecule has 0 radical (unpaired) electrons. The molecule has 2 aliphatic rings. The molecule has 0 saturated carbocycles. The van der Waals surface area contributed by atoms with Crippen LogP contribution in [0.25, 0.3) is 0 Å². The van der Waals surface area contributed by atoms with E-state index in [2.05, 4.69) is 10.6 Å². The second-order valence-corrected chi connectivity index (χ2v) is 8.44. The standard InChI is InChI=1S/C23H21F6N3O4/c1-32(15-6-13(22(24,25)26)5-14(7-15)23(27,28)29)21(34)17-10-30-9-16(17)20(33)31-8-12-2-3-18-19(4-12)36-11-35-18/h2-7,16-17,30H,8-11H2,1H3,(H,31,33)/t16?,17-/m0/s1. The number of ether oxygens (including phenoxy) is 2. The largest absolute Gasteiger partial charge is 0.454 e. The Kier molecular flexibility index (Phi) is 6.78. The summed E-state index contributed by atoms with van der Waals surface area (Å²) in [6, 6.07) is 6.05. The van der Waals surface area contributed by atoms with Crippen molar-refractivity contribution in [2.24, 2.45) is 11.8 Å². The normalized spacial score (nSPS) is 19.3. The summed E-state index contributed by atoms with van der Waals surface area (Å²) >= 11 is 0. The van der Waals surface area contributed by atoms with Crippen molar-refractivity contribution >= 4 is 17.5 Å². The maximum Gasteiger partial charge on any atom is 0.416 e. The molecule has 2 N–H and O–H groups in total. The second kappa shape index (κ2) is 9.52. The van der Waals surface area contributed by atoms with E-state index in [9.17, 15) is 35.9 Å². The van der Waals surface area contributed by atoms with E-state index in [-0.39, 0.29) is 32.5 Å². The summed E-state index contributed by atoms with van der Waals surface area (Å²) in [7, 11) is 1.08. The van der Waals surface area contributed by atoms with Crippen LogP contribution in [0.2, 0.25) is 0 Å². The van der Waals surface area contributed by atoms with Gasteiger partial charge in [-0.05, 0) is 35.9 Å². The molecule has 13 heteroatoms. The monoisotopic (exact) mass is 517 g/mol. The lowest BCUT2D eigenvalue weighted by molar-refractivity contribution is -0.143. The Hall–Kier alpha value is -3.48. The number of carbonyl (C=O) groups excluding carboxylic acids is 2. The first-order valence-corrected chi connectivity index (χ1v) is 10.8. The zero-order valence-electron chi connectivity index (χ0n) is 18.8. The van der Waals surface area contributed by atoms with E-state index in [1.807, 2.05) is 0 Å². The number of fused-ring (bicyclic) bond motifs is 1. The van der Waals surface area contributed by atoms with Gasteiger partial charge in [-0.15, -0.1) is 0 Å². The first-order valence-electron chi connectivity index (χ1n) is 10.8. The van der Waals surface area contributed by atoms with Crippen LogP contribution >= 0.6 is 0 Å². The summed E-state index contributed by atoms with van der Waals surface area (Å²) < 4.78 is 89.8. The predicted octanol–water partition coefficient (Wildman–Crippen LogP) is 3.57. The van der Waals surface area contributed by atoms with Crippen molar-refractivity contribution in [1.29, 1.82) is 0 Å². The van der Waals surface area contributed by atoms with Crippen molar-refractivity contribution in [3.63, 3.8) is 0 Å². The summed E-state index contributed by atoms with van der Waals surface area (Å²) in [6.45, 7) is 0.363. The zero-order chi connectivity index (χ0) is 26.3. The number of rotatable bonds is 5. The number of nitrogens with one attached hydrogen (secondary N) is 2. The molecule has 7 nitrogen and oxygen atoms in total. The van der Waals surface area contributed by atoms with Crippen LogP contribution in [0.15, 0.2) is 36.4 Å². The lowest BCUT2D eigenvalue weighted by Crippen LogP contribution is -2.42. The van der Waals surface area contributed by atoms with Gasteiger partial charge in [0.05, 0.1) is 23.0 Å². The Balaban J connectivity index is 1.48. The number of benzene rings is 2. The van der Waals surface area contributed by atoms with Gasteiger partial charge in [0.1, 0.15) is 0 Å². The molecule has 2 amide bonds. The molecule has 1 unspecified atom stereocenters. The Morgan fingerprint density at radius 1 is 0.944 bits per heavy atom. The van der Waals surface area contributed by atoms with Crippen molar-refractivity contribution < 1.29 is 45.4 Å². The summed E-state index contributed by atoms with van der Waals surface area (Å²) in [4.78, 5) is 26.6. The van der Waals surface area contributed by atoms with Crippen LogP contribution in [0.1, 0.15) is 16.7 Å². The molecular weight excluding hydrogens is 496 g/mol. The van der Waals surface area contributed by atoms with Gasteiger partial charge in [-0.3, -0.25) is 9.59 Å². The fraction of sp³-hybridized carbons (Fsp3) is 0.391. The molecular formula is C23H21F6N3O4. The fourth-order valence-corrected chi connectivity index (χ4v) is 4.09. The van der Waals surface area contributed by atoms with E-state index in [1.165, 1.54) is 0 Å². The van der Waals surface area contributed by atoms with Crippen LogP contribution in [-0.4, -0.2) is 38.7 Å². The van der Waals surface area contributed by atoms with E-state index < -0.39 is 52.8 Å². The molecule has 0 spiro atoms. The topological polar surface area (TPSA) is 79.9 Å². The highest BCUT2D eigenvalue weighted by Crippen LogP contribution is 2.39. The van der Waals surface area contributed by atoms with E-state index >= 15 is 0 Å². The number of anilines is 1. The third kappa shape index (κ3) is 5.35. The van der Waals surface area contributed by atoms with Crippen LogP contribution in [0.5, 0.6) is 11.5 Å². The first kappa shape index (κ1) is 25.6. The number of alkyl halides is 6. The van der Waals surface area contributed by atoms with Crippen LogP contribution < -0.4 is 25.0 Å². The van der Waals surface area contributed by atoms with Gasteiger partial charge < -0.3 is 25.0 Å². The molecule has 0 aromatic heterocycles. The van der Waals surface area contributed by atoms with Crippen LogP contribution in [-0.2, 0) is 28.5 Å². The quantitative estimate of drug-likeness (QED) is 0.593. The van der Waals surface area contributed by atoms with Crippen molar-refractivity contribution in [2.75, 3.05) is 31.8 Å². The average Bonchev–Trinajstić information content (AvgIpc) is 3.49. The summed E-state index contributed by atoms with van der Waals surface area (Å²) in [5.41, 5.74) is -2.93. The average molecular weight is 517 g/mol. The Morgan fingerprint density at radius 2 is 1.56 bits per heavy atom. The Labute approximate surface area is 201 Å². The molecule has 194 valence electrons. The van der Waals surface area contributed by atoms with E-state index in [0.717, 1.165) is 11.9 Å². The minimum atomic E-state index is -5.05. The number of amides is 2. The van der Waals surface area contributed by atoms with E-state index in [4.69, 9.17) is 9.47 Å². The minimum Gasteiger partial charge on any atom is -0.454 e. The first-order chi connectivity index (χ1) is 16.8. The lowest BCUT2D eigenvalue weighted by Gasteiger charge is -2.25. The molecule has 2 aromatic carbocycles. The number of nitrogens with zero attached hydrogens (tertiary/aromatic N) is 1. The summed E-state index contributed by atoms with van der Waals surface area (Å²) in [6.07, 6.45) is -10.1. The number of hydrogen-bond acceptors (Lipinski definition) is 5. The minimum absolute atomic E-state index is 0.00861.